The van der Waals surface area contributed by atoms with E-state index in [1.165, 1.54) is 0 Å². The SMILES string of the molecule is [O-2].[Ti+4].[c-]1ccccc1.[c-]1ccccc1. The van der Waals surface area contributed by atoms with Gasteiger partial charge in [-0.2, -0.15) is 72.8 Å². The predicted octanol–water partition coefficient (Wildman–Crippen LogP) is 2.85. The minimum Gasteiger partial charge on any atom is -2.00 e. The van der Waals surface area contributed by atoms with Crippen LogP contribution in [-0.4, -0.2) is 0 Å². The topological polar surface area (TPSA) is 28.5 Å². The Morgan fingerprint density at radius 2 is 0.786 bits per heavy atom. The van der Waals surface area contributed by atoms with Crippen molar-refractivity contribution in [2.75, 3.05) is 0 Å². The van der Waals surface area contributed by atoms with Crippen molar-refractivity contribution in [3.8, 4) is 0 Å². The van der Waals surface area contributed by atoms with Gasteiger partial charge in [0.1, 0.15) is 0 Å². The number of hydrogen-bond donors (Lipinski definition) is 0. The predicted molar refractivity (Wildman–Crippen MR) is 51.2 cm³/mol. The van der Waals surface area contributed by atoms with Crippen LogP contribution in [0.2, 0.25) is 0 Å². The summed E-state index contributed by atoms with van der Waals surface area (Å²) in [5.41, 5.74) is 0. The van der Waals surface area contributed by atoms with E-state index in [0.29, 0.717) is 0 Å². The smallest absolute Gasteiger partial charge is 2.00 e. The van der Waals surface area contributed by atoms with Gasteiger partial charge in [-0.3, -0.25) is 0 Å². The molecule has 0 saturated carbocycles. The van der Waals surface area contributed by atoms with Gasteiger partial charge in [0.05, 0.1) is 0 Å². The van der Waals surface area contributed by atoms with E-state index in [4.69, 9.17) is 0 Å². The van der Waals surface area contributed by atoms with Gasteiger partial charge in [0.2, 0.25) is 0 Å². The molecule has 2 aromatic carbocycles. The molecule has 0 bridgehead atoms. The Balaban J connectivity index is 0. The van der Waals surface area contributed by atoms with E-state index in [1.54, 1.807) is 0 Å². The van der Waals surface area contributed by atoms with Crippen molar-refractivity contribution < 1.29 is 27.2 Å². The molecule has 0 unspecified atom stereocenters. The molecule has 0 N–H and O–H groups in total. The molecule has 0 radical (unpaired) electrons. The number of hydrogen-bond acceptors (Lipinski definition) is 0. The fraction of sp³-hybridized carbons (Fsp3) is 0. The van der Waals surface area contributed by atoms with Gasteiger partial charge in [0, 0.05) is 0 Å². The molecule has 1 nitrogen and oxygen atoms in total. The summed E-state index contributed by atoms with van der Waals surface area (Å²) in [6, 6.07) is 25.0. The van der Waals surface area contributed by atoms with E-state index in [9.17, 15) is 0 Å². The zero-order chi connectivity index (χ0) is 8.49. The average Bonchev–Trinajstić information content (AvgIpc) is 2.24. The summed E-state index contributed by atoms with van der Waals surface area (Å²) in [6.45, 7) is 0. The van der Waals surface area contributed by atoms with E-state index < -0.39 is 0 Å². The molecule has 2 aromatic rings. The third-order valence-corrected chi connectivity index (χ3v) is 1.21. The van der Waals surface area contributed by atoms with Crippen molar-refractivity contribution in [2.45, 2.75) is 0 Å². The molecule has 14 heavy (non-hydrogen) atoms. The van der Waals surface area contributed by atoms with Crippen molar-refractivity contribution in [3.05, 3.63) is 72.8 Å². The van der Waals surface area contributed by atoms with E-state index in [2.05, 4.69) is 12.1 Å². The fourth-order valence-electron chi connectivity index (χ4n) is 0.684. The summed E-state index contributed by atoms with van der Waals surface area (Å²) in [4.78, 5) is 0. The van der Waals surface area contributed by atoms with Crippen LogP contribution >= 0.6 is 0 Å². The van der Waals surface area contributed by atoms with Gasteiger partial charge >= 0.3 is 21.7 Å². The third kappa shape index (κ3) is 9.20. The first-order chi connectivity index (χ1) is 6.00. The maximum Gasteiger partial charge on any atom is 4.00 e. The Bertz CT molecular complexity index is 186. The maximum atomic E-state index is 2.89. The quantitative estimate of drug-likeness (QED) is 0.480. The Labute approximate surface area is 100.0 Å². The molecule has 0 aromatic heterocycles. The van der Waals surface area contributed by atoms with Gasteiger partial charge in [0.15, 0.2) is 0 Å². The number of benzene rings is 2. The molecular weight excluding hydrogens is 208 g/mol. The molecule has 0 aliphatic carbocycles. The summed E-state index contributed by atoms with van der Waals surface area (Å²) in [5, 5.41) is 0. The molecule has 0 spiro atoms. The summed E-state index contributed by atoms with van der Waals surface area (Å²) in [7, 11) is 0. The normalized spacial score (nSPS) is 6.86. The van der Waals surface area contributed by atoms with E-state index in [1.807, 2.05) is 60.7 Å². The van der Waals surface area contributed by atoms with Crippen molar-refractivity contribution in [3.63, 3.8) is 0 Å². The Kier molecular flexibility index (Phi) is 13.5. The second-order valence-corrected chi connectivity index (χ2v) is 2.15. The molecule has 0 aliphatic rings. The van der Waals surface area contributed by atoms with Crippen LogP contribution in [0.3, 0.4) is 0 Å². The molecule has 0 fully saturated rings. The van der Waals surface area contributed by atoms with Crippen LogP contribution in [-0.2, 0) is 27.2 Å². The fourth-order valence-corrected chi connectivity index (χ4v) is 0.684. The van der Waals surface area contributed by atoms with Crippen molar-refractivity contribution in [2.24, 2.45) is 0 Å². The second kappa shape index (κ2) is 12.1. The molecule has 0 amide bonds. The van der Waals surface area contributed by atoms with E-state index >= 15 is 0 Å². The first-order valence-corrected chi connectivity index (χ1v) is 3.82. The summed E-state index contributed by atoms with van der Waals surface area (Å²) >= 11 is 0. The van der Waals surface area contributed by atoms with Crippen LogP contribution in [0.25, 0.3) is 0 Å². The van der Waals surface area contributed by atoms with E-state index in [-0.39, 0.29) is 27.2 Å². The molecule has 68 valence electrons. The van der Waals surface area contributed by atoms with Gasteiger partial charge in [-0.25, -0.2) is 0 Å². The Morgan fingerprint density at radius 1 is 0.500 bits per heavy atom. The molecule has 2 rings (SSSR count). The van der Waals surface area contributed by atoms with Crippen molar-refractivity contribution >= 4 is 0 Å². The van der Waals surface area contributed by atoms with Gasteiger partial charge < -0.3 is 5.48 Å². The average molecular weight is 218 g/mol. The summed E-state index contributed by atoms with van der Waals surface area (Å²) < 4.78 is 0. The first-order valence-electron chi connectivity index (χ1n) is 3.82. The van der Waals surface area contributed by atoms with Crippen LogP contribution in [0, 0.1) is 12.1 Å². The van der Waals surface area contributed by atoms with Crippen molar-refractivity contribution in [1.29, 1.82) is 0 Å². The zero-order valence-corrected chi connectivity index (χ0v) is 9.24. The molecule has 0 saturated heterocycles. The van der Waals surface area contributed by atoms with Crippen LogP contribution in [0.5, 0.6) is 0 Å². The van der Waals surface area contributed by atoms with Crippen LogP contribution < -0.4 is 0 Å². The van der Waals surface area contributed by atoms with Gasteiger partial charge in [-0.15, -0.1) is 0 Å². The molecular formula is C12H10OTi. The third-order valence-electron chi connectivity index (χ3n) is 1.21. The molecule has 0 atom stereocenters. The van der Waals surface area contributed by atoms with E-state index in [0.717, 1.165) is 0 Å². The van der Waals surface area contributed by atoms with Crippen LogP contribution in [0.4, 0.5) is 0 Å². The minimum atomic E-state index is 0. The monoisotopic (exact) mass is 218 g/mol. The summed E-state index contributed by atoms with van der Waals surface area (Å²) in [6.07, 6.45) is 0. The Morgan fingerprint density at radius 3 is 0.857 bits per heavy atom. The standard InChI is InChI=1S/2C6H5.O.Ti/c2*1-2-4-6-5-3-1;;/h2*1-5H;;/q2*-1;-2;+4. The van der Waals surface area contributed by atoms with Crippen molar-refractivity contribution in [1.82, 2.24) is 0 Å². The van der Waals surface area contributed by atoms with Crippen LogP contribution in [0.15, 0.2) is 60.7 Å². The largest absolute Gasteiger partial charge is 4.00 e. The Hall–Kier alpha value is -0.886. The molecule has 0 aliphatic heterocycles. The van der Waals surface area contributed by atoms with Gasteiger partial charge in [0.25, 0.3) is 0 Å². The number of rotatable bonds is 0. The zero-order valence-electron chi connectivity index (χ0n) is 7.68. The molecule has 2 heteroatoms. The summed E-state index contributed by atoms with van der Waals surface area (Å²) in [5.74, 6) is 0. The minimum absolute atomic E-state index is 0. The van der Waals surface area contributed by atoms with Crippen LogP contribution in [0.1, 0.15) is 0 Å². The first kappa shape index (κ1) is 15.6. The second-order valence-electron chi connectivity index (χ2n) is 2.15. The van der Waals surface area contributed by atoms with Gasteiger partial charge in [-0.05, 0) is 0 Å². The molecule has 0 heterocycles. The van der Waals surface area contributed by atoms with Gasteiger partial charge in [-0.1, -0.05) is 0 Å². The maximum absolute atomic E-state index is 2.89.